The number of hydrogen-bond acceptors (Lipinski definition) is 5. The largest absolute Gasteiger partial charge is 0.338 e. The molecule has 1 aromatic heterocycles. The topological polar surface area (TPSA) is 109 Å². The highest BCUT2D eigenvalue weighted by atomic mass is 32.2. The van der Waals surface area contributed by atoms with Crippen molar-refractivity contribution in [1.82, 2.24) is 9.97 Å². The normalized spacial score (nSPS) is 13.8. The van der Waals surface area contributed by atoms with Gasteiger partial charge >= 0.3 is 0 Å². The van der Waals surface area contributed by atoms with Gasteiger partial charge in [-0.1, -0.05) is 24.3 Å². The fourth-order valence-electron chi connectivity index (χ4n) is 4.23. The van der Waals surface area contributed by atoms with E-state index in [0.29, 0.717) is 11.5 Å². The third-order valence-electron chi connectivity index (χ3n) is 6.00. The fourth-order valence-corrected chi connectivity index (χ4v) is 5.91. The number of carbonyl (C=O) groups is 2. The second-order valence-corrected chi connectivity index (χ2v) is 10.1. The molecule has 7 nitrogen and oxygen atoms in total. The van der Waals surface area contributed by atoms with Crippen LogP contribution in [0.2, 0.25) is 0 Å². The monoisotopic (exact) mass is 479 g/mol. The minimum atomic E-state index is -3.92. The van der Waals surface area contributed by atoms with Crippen LogP contribution in [0.1, 0.15) is 26.3 Å². The molecular formula is C27H17N3O4S. The number of aromatic nitrogens is 2. The second kappa shape index (κ2) is 7.75. The van der Waals surface area contributed by atoms with Gasteiger partial charge in [-0.15, -0.1) is 0 Å². The van der Waals surface area contributed by atoms with Gasteiger partial charge in [-0.3, -0.25) is 9.59 Å². The molecule has 0 saturated heterocycles. The van der Waals surface area contributed by atoms with E-state index < -0.39 is 15.7 Å². The van der Waals surface area contributed by atoms with E-state index in [1.54, 1.807) is 24.3 Å². The highest BCUT2D eigenvalue weighted by Crippen LogP contribution is 2.35. The van der Waals surface area contributed by atoms with Crippen LogP contribution in [-0.4, -0.2) is 30.1 Å². The maximum Gasteiger partial charge on any atom is 0.255 e. The summed E-state index contributed by atoms with van der Waals surface area (Å²) >= 11 is 0. The molecule has 5 aromatic rings. The molecule has 0 saturated carbocycles. The van der Waals surface area contributed by atoms with Crippen molar-refractivity contribution in [2.45, 2.75) is 9.79 Å². The van der Waals surface area contributed by atoms with Crippen molar-refractivity contribution in [3.8, 4) is 11.4 Å². The third-order valence-corrected chi connectivity index (χ3v) is 7.86. The number of H-pyrrole nitrogens is 1. The van der Waals surface area contributed by atoms with Crippen LogP contribution in [0.4, 0.5) is 5.69 Å². The zero-order chi connectivity index (χ0) is 24.2. The Hall–Kier alpha value is -4.56. The maximum absolute atomic E-state index is 13.1. The number of carbonyl (C=O) groups excluding carboxylic acids is 2. The summed E-state index contributed by atoms with van der Waals surface area (Å²) in [5.74, 6) is -0.140. The summed E-state index contributed by atoms with van der Waals surface area (Å²) in [5, 5.41) is 2.78. The molecule has 0 bridgehead atoms. The average Bonchev–Trinajstić information content (AvgIpc) is 3.32. The molecule has 35 heavy (non-hydrogen) atoms. The maximum atomic E-state index is 13.1. The zero-order valence-corrected chi connectivity index (χ0v) is 19.0. The first-order chi connectivity index (χ1) is 16.9. The van der Waals surface area contributed by atoms with Crippen molar-refractivity contribution >= 4 is 38.2 Å². The van der Waals surface area contributed by atoms with Gasteiger partial charge in [-0.2, -0.15) is 0 Å². The minimum absolute atomic E-state index is 0.0452. The second-order valence-electron chi connectivity index (χ2n) is 8.17. The number of imidazole rings is 1. The van der Waals surface area contributed by atoms with Crippen LogP contribution in [0, 0.1) is 0 Å². The van der Waals surface area contributed by atoms with Crippen LogP contribution >= 0.6 is 0 Å². The Morgan fingerprint density at radius 1 is 0.800 bits per heavy atom. The molecule has 4 aromatic carbocycles. The molecule has 1 aliphatic rings. The summed E-state index contributed by atoms with van der Waals surface area (Å²) in [5.41, 5.74) is 3.54. The smallest absolute Gasteiger partial charge is 0.255 e. The molecule has 1 amide bonds. The number of para-hydroxylation sites is 2. The predicted molar refractivity (Wildman–Crippen MR) is 131 cm³/mol. The number of rotatable bonds is 3. The van der Waals surface area contributed by atoms with Gasteiger partial charge in [0.2, 0.25) is 9.84 Å². The molecule has 170 valence electrons. The van der Waals surface area contributed by atoms with Crippen molar-refractivity contribution in [2.24, 2.45) is 0 Å². The zero-order valence-electron chi connectivity index (χ0n) is 18.1. The first-order valence-corrected chi connectivity index (χ1v) is 12.3. The van der Waals surface area contributed by atoms with Gasteiger partial charge in [0, 0.05) is 27.9 Å². The molecule has 0 spiro atoms. The van der Waals surface area contributed by atoms with E-state index in [9.17, 15) is 18.0 Å². The van der Waals surface area contributed by atoms with Crippen molar-refractivity contribution in [3.05, 3.63) is 108 Å². The van der Waals surface area contributed by atoms with Crippen LogP contribution in [0.3, 0.4) is 0 Å². The summed E-state index contributed by atoms with van der Waals surface area (Å²) in [6, 6.07) is 25.1. The van der Waals surface area contributed by atoms with Crippen LogP contribution in [0.5, 0.6) is 0 Å². The Balaban J connectivity index is 1.27. The summed E-state index contributed by atoms with van der Waals surface area (Å²) in [6.45, 7) is 0. The number of aromatic amines is 1. The fraction of sp³-hybridized carbons (Fsp3) is 0. The molecular weight excluding hydrogens is 462 g/mol. The van der Waals surface area contributed by atoms with E-state index in [4.69, 9.17) is 0 Å². The molecule has 0 unspecified atom stereocenters. The standard InChI is InChI=1S/C27H17N3O4S/c31-25-19-5-1-4-8-23(19)35(33,34)24-15-17(11-14-20(24)25)27(32)28-18-12-9-16(10-13-18)26-29-21-6-2-3-7-22(21)30-26/h1-15H,(H,28,32)(H,29,30). The van der Waals surface area contributed by atoms with Crippen molar-refractivity contribution in [3.63, 3.8) is 0 Å². The van der Waals surface area contributed by atoms with Gasteiger partial charge in [-0.25, -0.2) is 13.4 Å². The van der Waals surface area contributed by atoms with E-state index in [0.717, 1.165) is 16.6 Å². The molecule has 8 heteroatoms. The molecule has 1 aliphatic heterocycles. The molecule has 0 atom stereocenters. The molecule has 0 radical (unpaired) electrons. The summed E-state index contributed by atoms with van der Waals surface area (Å²) in [6.07, 6.45) is 0. The highest BCUT2D eigenvalue weighted by Gasteiger charge is 2.35. The van der Waals surface area contributed by atoms with Crippen LogP contribution in [0.15, 0.2) is 101 Å². The summed E-state index contributed by atoms with van der Waals surface area (Å²) in [7, 11) is -3.92. The first kappa shape index (κ1) is 21.0. The minimum Gasteiger partial charge on any atom is -0.338 e. The van der Waals surface area contributed by atoms with Crippen LogP contribution in [-0.2, 0) is 9.84 Å². The SMILES string of the molecule is O=C(Nc1ccc(-c2nc3ccccc3[nH]2)cc1)c1ccc2c(c1)S(=O)(=O)c1ccccc1C2=O. The van der Waals surface area contributed by atoms with Gasteiger partial charge in [0.25, 0.3) is 5.91 Å². The Morgan fingerprint density at radius 3 is 2.31 bits per heavy atom. The Kier molecular flexibility index (Phi) is 4.65. The van der Waals surface area contributed by atoms with Gasteiger partial charge in [0.1, 0.15) is 5.82 Å². The number of nitrogens with zero attached hydrogens (tertiary/aromatic N) is 1. The lowest BCUT2D eigenvalue weighted by molar-refractivity contribution is 0.101. The van der Waals surface area contributed by atoms with E-state index in [2.05, 4.69) is 15.3 Å². The van der Waals surface area contributed by atoms with Crippen molar-refractivity contribution in [2.75, 3.05) is 5.32 Å². The number of anilines is 1. The van der Waals surface area contributed by atoms with E-state index in [1.165, 1.54) is 30.3 Å². The molecule has 2 N–H and O–H groups in total. The first-order valence-electron chi connectivity index (χ1n) is 10.8. The molecule has 2 heterocycles. The molecule has 0 aliphatic carbocycles. The van der Waals surface area contributed by atoms with Gasteiger partial charge in [0.05, 0.1) is 20.8 Å². The van der Waals surface area contributed by atoms with E-state index >= 15 is 0 Å². The number of nitrogens with one attached hydrogen (secondary N) is 2. The average molecular weight is 480 g/mol. The summed E-state index contributed by atoms with van der Waals surface area (Å²) in [4.78, 5) is 33.3. The van der Waals surface area contributed by atoms with E-state index in [1.807, 2.05) is 36.4 Å². The Bertz CT molecular complexity index is 1740. The number of hydrogen-bond donors (Lipinski definition) is 2. The lowest BCUT2D eigenvalue weighted by Crippen LogP contribution is -2.21. The Labute approximate surface area is 200 Å². The lowest BCUT2D eigenvalue weighted by atomic mass is 10.0. The third kappa shape index (κ3) is 3.43. The van der Waals surface area contributed by atoms with Gasteiger partial charge in [0.15, 0.2) is 5.78 Å². The molecule has 6 rings (SSSR count). The number of benzene rings is 4. The van der Waals surface area contributed by atoms with Crippen molar-refractivity contribution in [1.29, 1.82) is 0 Å². The highest BCUT2D eigenvalue weighted by molar-refractivity contribution is 7.91. The van der Waals surface area contributed by atoms with Crippen molar-refractivity contribution < 1.29 is 18.0 Å². The van der Waals surface area contributed by atoms with Gasteiger partial charge in [-0.05, 0) is 66.7 Å². The lowest BCUT2D eigenvalue weighted by Gasteiger charge is -2.19. The summed E-state index contributed by atoms with van der Waals surface area (Å²) < 4.78 is 26.2. The van der Waals surface area contributed by atoms with Crippen LogP contribution in [0.25, 0.3) is 22.4 Å². The van der Waals surface area contributed by atoms with E-state index in [-0.39, 0.29) is 32.3 Å². The number of sulfone groups is 1. The molecule has 0 fully saturated rings. The van der Waals surface area contributed by atoms with Gasteiger partial charge < -0.3 is 10.3 Å². The quantitative estimate of drug-likeness (QED) is 0.377. The predicted octanol–water partition coefficient (Wildman–Crippen LogP) is 4.86. The number of ketones is 1. The van der Waals surface area contributed by atoms with Crippen LogP contribution < -0.4 is 5.32 Å². The number of fused-ring (bicyclic) bond motifs is 3. The number of amides is 1. The Morgan fingerprint density at radius 2 is 1.51 bits per heavy atom.